The number of thioether (sulfide) groups is 1. The molecular formula is C18H27N5O2S. The van der Waals surface area contributed by atoms with E-state index < -0.39 is 5.60 Å². The van der Waals surface area contributed by atoms with Gasteiger partial charge in [0.25, 0.3) is 0 Å². The van der Waals surface area contributed by atoms with Gasteiger partial charge in [-0.05, 0) is 53.7 Å². The normalized spacial score (nSPS) is 19.2. The van der Waals surface area contributed by atoms with Gasteiger partial charge in [-0.3, -0.25) is 0 Å². The highest BCUT2D eigenvalue weighted by Crippen LogP contribution is 2.31. The Kier molecular flexibility index (Phi) is 5.14. The van der Waals surface area contributed by atoms with Gasteiger partial charge in [-0.1, -0.05) is 0 Å². The van der Waals surface area contributed by atoms with Crippen molar-refractivity contribution in [3.63, 3.8) is 0 Å². The van der Waals surface area contributed by atoms with Crippen LogP contribution in [-0.4, -0.2) is 55.2 Å². The van der Waals surface area contributed by atoms with E-state index in [1.807, 2.05) is 49.7 Å². The van der Waals surface area contributed by atoms with Gasteiger partial charge in [-0.15, -0.1) is 11.8 Å². The summed E-state index contributed by atoms with van der Waals surface area (Å²) in [5.74, 6) is 0.728. The molecule has 7 nitrogen and oxygen atoms in total. The number of carbonyl (C=O) groups is 1. The number of likely N-dealkylation sites (tertiary alicyclic amines) is 1. The number of hydrogen-bond acceptors (Lipinski definition) is 6. The van der Waals surface area contributed by atoms with Gasteiger partial charge in [0.2, 0.25) is 0 Å². The number of aryl methyl sites for hydroxylation is 1. The molecule has 1 amide bonds. The van der Waals surface area contributed by atoms with E-state index in [9.17, 15) is 4.79 Å². The molecule has 0 aromatic carbocycles. The number of amides is 1. The van der Waals surface area contributed by atoms with E-state index in [-0.39, 0.29) is 18.2 Å². The largest absolute Gasteiger partial charge is 0.444 e. The quantitative estimate of drug-likeness (QED) is 0.598. The van der Waals surface area contributed by atoms with Crippen molar-refractivity contribution in [3.8, 4) is 0 Å². The average Bonchev–Trinajstić information content (AvgIpc) is 3.18. The molecule has 2 aromatic rings. The molecule has 1 aliphatic rings. The Morgan fingerprint density at radius 3 is 2.77 bits per heavy atom. The first-order valence-corrected chi connectivity index (χ1v) is 10.2. The minimum atomic E-state index is -0.497. The lowest BCUT2D eigenvalue weighted by molar-refractivity contribution is 0.0186. The molecule has 0 N–H and O–H groups in total. The second-order valence-electron chi connectivity index (χ2n) is 7.73. The molecule has 2 atom stereocenters. The van der Waals surface area contributed by atoms with Crippen LogP contribution in [0.5, 0.6) is 0 Å². The molecular weight excluding hydrogens is 350 g/mol. The second-order valence-corrected chi connectivity index (χ2v) is 8.53. The van der Waals surface area contributed by atoms with E-state index in [1.54, 1.807) is 11.8 Å². The van der Waals surface area contributed by atoms with Crippen LogP contribution in [0.25, 0.3) is 11.0 Å². The zero-order chi connectivity index (χ0) is 19.1. The summed E-state index contributed by atoms with van der Waals surface area (Å²) < 4.78 is 7.52. The predicted octanol–water partition coefficient (Wildman–Crippen LogP) is 3.82. The first kappa shape index (κ1) is 18.9. The molecule has 1 fully saturated rings. The third-order valence-corrected chi connectivity index (χ3v) is 5.29. The average molecular weight is 378 g/mol. The van der Waals surface area contributed by atoms with E-state index in [0.29, 0.717) is 6.54 Å². The van der Waals surface area contributed by atoms with E-state index in [2.05, 4.69) is 22.0 Å². The van der Waals surface area contributed by atoms with Crippen LogP contribution in [0, 0.1) is 6.92 Å². The minimum Gasteiger partial charge on any atom is -0.444 e. The van der Waals surface area contributed by atoms with E-state index >= 15 is 0 Å². The fourth-order valence-electron chi connectivity index (χ4n) is 3.46. The number of rotatable bonds is 3. The number of fused-ring (bicyclic) bond motifs is 1. The zero-order valence-electron chi connectivity index (χ0n) is 16.3. The Morgan fingerprint density at radius 1 is 1.38 bits per heavy atom. The van der Waals surface area contributed by atoms with Crippen LogP contribution in [-0.2, 0) is 4.74 Å². The molecule has 3 rings (SSSR count). The van der Waals surface area contributed by atoms with E-state index in [4.69, 9.17) is 4.74 Å². The SMILES string of the molecule is CSc1nc(C)nc2c1cnn2[C@@H](C)[C@@H]1CCCN1C(=O)OC(C)(C)C. The maximum Gasteiger partial charge on any atom is 0.410 e. The number of nitrogens with zero attached hydrogens (tertiary/aromatic N) is 5. The third kappa shape index (κ3) is 3.65. The Bertz CT molecular complexity index is 814. The molecule has 0 radical (unpaired) electrons. The van der Waals surface area contributed by atoms with Crippen molar-refractivity contribution in [2.45, 2.75) is 70.2 Å². The molecule has 0 spiro atoms. The third-order valence-electron chi connectivity index (χ3n) is 4.59. The Labute approximate surface area is 158 Å². The fourth-order valence-corrected chi connectivity index (χ4v) is 4.05. The molecule has 26 heavy (non-hydrogen) atoms. The lowest BCUT2D eigenvalue weighted by Crippen LogP contribution is -2.43. The summed E-state index contributed by atoms with van der Waals surface area (Å²) in [7, 11) is 0. The summed E-state index contributed by atoms with van der Waals surface area (Å²) >= 11 is 1.59. The van der Waals surface area contributed by atoms with Crippen LogP contribution in [0.1, 0.15) is 52.4 Å². The molecule has 1 aliphatic heterocycles. The lowest BCUT2D eigenvalue weighted by atomic mass is 10.1. The number of carbonyl (C=O) groups excluding carboxylic acids is 1. The van der Waals surface area contributed by atoms with Crippen LogP contribution in [0.2, 0.25) is 0 Å². The van der Waals surface area contributed by atoms with Crippen molar-refractivity contribution in [2.24, 2.45) is 0 Å². The highest BCUT2D eigenvalue weighted by atomic mass is 32.2. The van der Waals surface area contributed by atoms with E-state index in [0.717, 1.165) is 34.7 Å². The second kappa shape index (κ2) is 7.06. The molecule has 142 valence electrons. The van der Waals surface area contributed by atoms with Gasteiger partial charge in [0.15, 0.2) is 5.65 Å². The van der Waals surface area contributed by atoms with Gasteiger partial charge in [0.1, 0.15) is 16.5 Å². The van der Waals surface area contributed by atoms with Gasteiger partial charge < -0.3 is 9.64 Å². The molecule has 0 aliphatic carbocycles. The van der Waals surface area contributed by atoms with Gasteiger partial charge >= 0.3 is 6.09 Å². The summed E-state index contributed by atoms with van der Waals surface area (Å²) in [5, 5.41) is 6.47. The predicted molar refractivity (Wildman–Crippen MR) is 103 cm³/mol. The van der Waals surface area contributed by atoms with Crippen LogP contribution in [0.4, 0.5) is 4.79 Å². The maximum atomic E-state index is 12.6. The van der Waals surface area contributed by atoms with Crippen LogP contribution < -0.4 is 0 Å². The highest BCUT2D eigenvalue weighted by molar-refractivity contribution is 7.98. The lowest BCUT2D eigenvalue weighted by Gasteiger charge is -2.31. The van der Waals surface area contributed by atoms with Gasteiger partial charge in [0, 0.05) is 6.54 Å². The highest BCUT2D eigenvalue weighted by Gasteiger charge is 2.37. The number of aromatic nitrogens is 4. The minimum absolute atomic E-state index is 0.00604. The van der Waals surface area contributed by atoms with Crippen molar-refractivity contribution in [2.75, 3.05) is 12.8 Å². The zero-order valence-corrected chi connectivity index (χ0v) is 17.1. The van der Waals surface area contributed by atoms with Crippen molar-refractivity contribution < 1.29 is 9.53 Å². The first-order valence-electron chi connectivity index (χ1n) is 8.96. The summed E-state index contributed by atoms with van der Waals surface area (Å²) in [6.07, 6.45) is 5.48. The van der Waals surface area contributed by atoms with E-state index in [1.165, 1.54) is 0 Å². The van der Waals surface area contributed by atoms with Gasteiger partial charge in [-0.2, -0.15) is 5.10 Å². The topological polar surface area (TPSA) is 73.1 Å². The molecule has 2 aromatic heterocycles. The Morgan fingerprint density at radius 2 is 2.12 bits per heavy atom. The standard InChI is InChI=1S/C18H27N5O2S/c1-11(14-8-7-9-22(14)17(24)25-18(3,4)5)23-15-13(10-19-23)16(26-6)21-12(2)20-15/h10-11,14H,7-9H2,1-6H3/t11-,14-/m0/s1. The Balaban J connectivity index is 1.91. The molecule has 3 heterocycles. The Hall–Kier alpha value is -1.83. The number of hydrogen-bond donors (Lipinski definition) is 0. The van der Waals surface area contributed by atoms with Gasteiger partial charge in [-0.25, -0.2) is 19.4 Å². The van der Waals surface area contributed by atoms with Crippen molar-refractivity contribution in [1.29, 1.82) is 0 Å². The van der Waals surface area contributed by atoms with Crippen molar-refractivity contribution >= 4 is 28.9 Å². The smallest absolute Gasteiger partial charge is 0.410 e. The van der Waals surface area contributed by atoms with Crippen molar-refractivity contribution in [3.05, 3.63) is 12.0 Å². The summed E-state index contributed by atoms with van der Waals surface area (Å²) in [6, 6.07) is 0.0486. The maximum absolute atomic E-state index is 12.6. The van der Waals surface area contributed by atoms with Crippen LogP contribution in [0.15, 0.2) is 11.2 Å². The first-order chi connectivity index (χ1) is 12.2. The number of ether oxygens (including phenoxy) is 1. The molecule has 0 saturated carbocycles. The summed E-state index contributed by atoms with van der Waals surface area (Å²) in [4.78, 5) is 23.5. The van der Waals surface area contributed by atoms with Crippen LogP contribution >= 0.6 is 11.8 Å². The fraction of sp³-hybridized carbons (Fsp3) is 0.667. The molecule has 1 saturated heterocycles. The molecule has 0 bridgehead atoms. The van der Waals surface area contributed by atoms with Crippen LogP contribution in [0.3, 0.4) is 0 Å². The molecule has 8 heteroatoms. The summed E-state index contributed by atoms with van der Waals surface area (Å²) in [5.41, 5.74) is 0.328. The van der Waals surface area contributed by atoms with Gasteiger partial charge in [0.05, 0.1) is 23.7 Å². The monoisotopic (exact) mass is 377 g/mol. The summed E-state index contributed by atoms with van der Waals surface area (Å²) in [6.45, 7) is 10.4. The van der Waals surface area contributed by atoms with Crippen molar-refractivity contribution in [1.82, 2.24) is 24.6 Å². The molecule has 0 unspecified atom stereocenters.